The highest BCUT2D eigenvalue weighted by atomic mass is 35.5. The van der Waals surface area contributed by atoms with Crippen LogP contribution < -0.4 is 15.2 Å². The van der Waals surface area contributed by atoms with Crippen LogP contribution in [0.3, 0.4) is 0 Å². The summed E-state index contributed by atoms with van der Waals surface area (Å²) in [5.74, 6) is -1.44. The number of ether oxygens (including phenoxy) is 2. The molecule has 0 saturated carbocycles. The minimum atomic E-state index is -0.847. The molecule has 31 heavy (non-hydrogen) atoms. The lowest BCUT2D eigenvalue weighted by atomic mass is 9.96. The van der Waals surface area contributed by atoms with Crippen molar-refractivity contribution < 1.29 is 18.7 Å². The van der Waals surface area contributed by atoms with E-state index in [4.69, 9.17) is 32.3 Å². The predicted molar refractivity (Wildman–Crippen MR) is 113 cm³/mol. The summed E-state index contributed by atoms with van der Waals surface area (Å²) in [6.45, 7) is 1.88. The lowest BCUT2D eigenvalue weighted by Crippen LogP contribution is -2.16. The van der Waals surface area contributed by atoms with Gasteiger partial charge in [0, 0.05) is 16.2 Å². The zero-order valence-corrected chi connectivity index (χ0v) is 17.9. The van der Waals surface area contributed by atoms with E-state index < -0.39 is 11.7 Å². The number of carbonyl (C=O) groups excluding carboxylic acids is 1. The molecule has 2 N–H and O–H groups in total. The average Bonchev–Trinajstić information content (AvgIpc) is 3.21. The second-order valence-corrected chi connectivity index (χ2v) is 7.36. The fourth-order valence-electron chi connectivity index (χ4n) is 2.81. The molecular formula is C18H15ClFN7O3S. The van der Waals surface area contributed by atoms with Gasteiger partial charge in [0.15, 0.2) is 10.8 Å². The Kier molecular flexibility index (Phi) is 6.85. The SMILES string of the molecule is COc1ccc(Cl)c(F)c1-c1cc(C)nc(-c2nnc(OCCN=[N+]=[N-])s2)c1C(N)=O. The van der Waals surface area contributed by atoms with Crippen LogP contribution in [-0.4, -0.2) is 41.3 Å². The molecule has 0 aliphatic heterocycles. The molecule has 10 nitrogen and oxygen atoms in total. The van der Waals surface area contributed by atoms with Gasteiger partial charge >= 0.3 is 0 Å². The normalized spacial score (nSPS) is 10.5. The number of amides is 1. The monoisotopic (exact) mass is 463 g/mol. The van der Waals surface area contributed by atoms with E-state index in [-0.39, 0.29) is 56.5 Å². The van der Waals surface area contributed by atoms with E-state index in [2.05, 4.69) is 25.2 Å². The number of halogens is 2. The fraction of sp³-hybridized carbons (Fsp3) is 0.222. The Bertz CT molecular complexity index is 1200. The van der Waals surface area contributed by atoms with Gasteiger partial charge in [-0.05, 0) is 30.7 Å². The molecule has 160 valence electrons. The van der Waals surface area contributed by atoms with Crippen molar-refractivity contribution in [1.82, 2.24) is 15.2 Å². The highest BCUT2D eigenvalue weighted by molar-refractivity contribution is 7.16. The number of pyridine rings is 1. The highest BCUT2D eigenvalue weighted by Gasteiger charge is 2.26. The third-order valence-corrected chi connectivity index (χ3v) is 5.16. The number of aromatic nitrogens is 3. The van der Waals surface area contributed by atoms with Crippen molar-refractivity contribution in [3.63, 3.8) is 0 Å². The molecule has 0 unspecified atom stereocenters. The van der Waals surface area contributed by atoms with E-state index in [1.165, 1.54) is 25.3 Å². The average molecular weight is 464 g/mol. The Morgan fingerprint density at radius 3 is 2.87 bits per heavy atom. The molecule has 3 rings (SSSR count). The lowest BCUT2D eigenvalue weighted by molar-refractivity contribution is 0.100. The van der Waals surface area contributed by atoms with Crippen LogP contribution in [-0.2, 0) is 0 Å². The largest absolute Gasteiger partial charge is 0.496 e. The van der Waals surface area contributed by atoms with Gasteiger partial charge in [0.2, 0.25) is 0 Å². The summed E-state index contributed by atoms with van der Waals surface area (Å²) in [4.78, 5) is 19.4. The standard InChI is InChI=1S/C18H15ClFN7O3S/c1-8-7-9(12-11(29-2)4-3-10(19)14(12)20)13(16(21)28)15(24-8)17-25-26-18(31-17)30-6-5-23-27-22/h3-4,7H,5-6H2,1-2H3,(H2,21,28). The first-order chi connectivity index (χ1) is 14.9. The number of primary amides is 1. The van der Waals surface area contributed by atoms with Crippen molar-refractivity contribution in [3.05, 3.63) is 50.7 Å². The summed E-state index contributed by atoms with van der Waals surface area (Å²) in [7, 11) is 1.37. The smallest absolute Gasteiger partial charge is 0.294 e. The molecule has 0 aliphatic rings. The number of hydrogen-bond donors (Lipinski definition) is 1. The van der Waals surface area contributed by atoms with Crippen LogP contribution in [0, 0.1) is 12.7 Å². The molecule has 2 heterocycles. The molecule has 0 atom stereocenters. The van der Waals surface area contributed by atoms with Crippen molar-refractivity contribution in [2.45, 2.75) is 6.92 Å². The van der Waals surface area contributed by atoms with Crippen LogP contribution in [0.1, 0.15) is 16.1 Å². The molecule has 1 amide bonds. The second-order valence-electron chi connectivity index (χ2n) is 6.01. The molecule has 3 aromatic rings. The quantitative estimate of drug-likeness (QED) is 0.229. The number of rotatable bonds is 8. The summed E-state index contributed by atoms with van der Waals surface area (Å²) in [6.07, 6.45) is 0. The number of methoxy groups -OCH3 is 1. The zero-order chi connectivity index (χ0) is 22.5. The second kappa shape index (κ2) is 9.56. The molecule has 0 spiro atoms. The topological polar surface area (TPSA) is 149 Å². The highest BCUT2D eigenvalue weighted by Crippen LogP contribution is 2.41. The summed E-state index contributed by atoms with van der Waals surface area (Å²) in [5.41, 5.74) is 14.6. The summed E-state index contributed by atoms with van der Waals surface area (Å²) in [5, 5.41) is 11.5. The Morgan fingerprint density at radius 2 is 2.19 bits per heavy atom. The van der Waals surface area contributed by atoms with E-state index in [9.17, 15) is 9.18 Å². The van der Waals surface area contributed by atoms with Gasteiger partial charge in [-0.1, -0.05) is 33.2 Å². The summed E-state index contributed by atoms with van der Waals surface area (Å²) in [6, 6.07) is 4.35. The molecular weight excluding hydrogens is 449 g/mol. The Morgan fingerprint density at radius 1 is 1.42 bits per heavy atom. The van der Waals surface area contributed by atoms with Crippen molar-refractivity contribution in [3.8, 4) is 32.8 Å². The maximum Gasteiger partial charge on any atom is 0.294 e. The molecule has 0 bridgehead atoms. The first kappa shape index (κ1) is 22.2. The van der Waals surface area contributed by atoms with Crippen molar-refractivity contribution in [2.24, 2.45) is 10.8 Å². The number of hydrogen-bond acceptors (Lipinski definition) is 8. The lowest BCUT2D eigenvalue weighted by Gasteiger charge is -2.16. The van der Waals surface area contributed by atoms with E-state index in [1.54, 1.807) is 6.92 Å². The summed E-state index contributed by atoms with van der Waals surface area (Å²) < 4.78 is 25.6. The number of azide groups is 1. The van der Waals surface area contributed by atoms with Crippen LogP contribution in [0.2, 0.25) is 5.02 Å². The number of nitrogens with zero attached hydrogens (tertiary/aromatic N) is 6. The summed E-state index contributed by atoms with van der Waals surface area (Å²) >= 11 is 6.97. The van der Waals surface area contributed by atoms with Crippen LogP contribution in [0.25, 0.3) is 32.3 Å². The van der Waals surface area contributed by atoms with Crippen LogP contribution in [0.4, 0.5) is 4.39 Å². The molecule has 2 aromatic heterocycles. The van der Waals surface area contributed by atoms with Gasteiger partial charge < -0.3 is 15.2 Å². The Balaban J connectivity index is 2.17. The Hall–Kier alpha value is -3.47. The van der Waals surface area contributed by atoms with Crippen molar-refractivity contribution >= 4 is 28.8 Å². The van der Waals surface area contributed by atoms with Crippen LogP contribution >= 0.6 is 22.9 Å². The van der Waals surface area contributed by atoms with Gasteiger partial charge in [-0.3, -0.25) is 4.79 Å². The van der Waals surface area contributed by atoms with E-state index in [0.29, 0.717) is 5.69 Å². The van der Waals surface area contributed by atoms with Gasteiger partial charge in [0.1, 0.15) is 11.4 Å². The number of nitrogens with two attached hydrogens (primary N) is 1. The van der Waals surface area contributed by atoms with Crippen molar-refractivity contribution in [1.29, 1.82) is 0 Å². The molecule has 13 heteroatoms. The maximum absolute atomic E-state index is 15.0. The van der Waals surface area contributed by atoms with Crippen LogP contribution in [0.5, 0.6) is 10.9 Å². The van der Waals surface area contributed by atoms with Gasteiger partial charge in [0.25, 0.3) is 11.1 Å². The van der Waals surface area contributed by atoms with Crippen molar-refractivity contribution in [2.75, 3.05) is 20.3 Å². The molecule has 0 aliphatic carbocycles. The van der Waals surface area contributed by atoms with E-state index in [1.807, 2.05) is 0 Å². The molecule has 0 fully saturated rings. The maximum atomic E-state index is 15.0. The fourth-order valence-corrected chi connectivity index (χ4v) is 3.68. The Labute approximate surface area is 184 Å². The van der Waals surface area contributed by atoms with Gasteiger partial charge in [-0.15, -0.1) is 5.10 Å². The molecule has 0 saturated heterocycles. The zero-order valence-electron chi connectivity index (χ0n) is 16.3. The van der Waals surface area contributed by atoms with Gasteiger partial charge in [-0.2, -0.15) is 0 Å². The van der Waals surface area contributed by atoms with E-state index in [0.717, 1.165) is 11.3 Å². The minimum Gasteiger partial charge on any atom is -0.496 e. The third kappa shape index (κ3) is 4.66. The predicted octanol–water partition coefficient (Wildman–Crippen LogP) is 4.16. The first-order valence-corrected chi connectivity index (χ1v) is 9.88. The first-order valence-electron chi connectivity index (χ1n) is 8.68. The number of benzene rings is 1. The number of aryl methyl sites for hydroxylation is 1. The molecule has 0 radical (unpaired) electrons. The van der Waals surface area contributed by atoms with Gasteiger partial charge in [-0.25, -0.2) is 9.37 Å². The van der Waals surface area contributed by atoms with Gasteiger partial charge in [0.05, 0.1) is 36.4 Å². The number of carbonyl (C=O) groups is 1. The third-order valence-electron chi connectivity index (χ3n) is 4.03. The molecule has 1 aromatic carbocycles. The minimum absolute atomic E-state index is 0.0223. The van der Waals surface area contributed by atoms with Crippen LogP contribution in [0.15, 0.2) is 23.3 Å². The van der Waals surface area contributed by atoms with E-state index >= 15 is 0 Å².